The van der Waals surface area contributed by atoms with Gasteiger partial charge in [0.05, 0.1) is 0 Å². The standard InChI is InChI=1S/C4H8OS2/c1-3-4(2)7-5-6-3/h3-4H,1-2H3. The lowest BCUT2D eigenvalue weighted by Crippen LogP contribution is -2.04. The molecule has 0 saturated carbocycles. The van der Waals surface area contributed by atoms with Crippen molar-refractivity contribution in [2.45, 2.75) is 24.3 Å². The van der Waals surface area contributed by atoms with Crippen LogP contribution in [0.15, 0.2) is 0 Å². The molecule has 0 aromatic rings. The molecule has 0 aliphatic carbocycles. The summed E-state index contributed by atoms with van der Waals surface area (Å²) >= 11 is 3.14. The number of hydrogen-bond donors (Lipinski definition) is 0. The molecule has 0 amide bonds. The quantitative estimate of drug-likeness (QED) is 0.472. The first-order chi connectivity index (χ1) is 3.30. The summed E-state index contributed by atoms with van der Waals surface area (Å²) in [6.45, 7) is 4.35. The van der Waals surface area contributed by atoms with Crippen LogP contribution in [0.25, 0.3) is 0 Å². The van der Waals surface area contributed by atoms with Crippen molar-refractivity contribution in [3.05, 3.63) is 0 Å². The van der Waals surface area contributed by atoms with Crippen LogP contribution in [-0.4, -0.2) is 10.5 Å². The minimum atomic E-state index is 0.671. The second-order valence-corrected chi connectivity index (χ2v) is 4.09. The fourth-order valence-electron chi connectivity index (χ4n) is 0.303. The minimum Gasteiger partial charge on any atom is -0.247 e. The van der Waals surface area contributed by atoms with Gasteiger partial charge in [-0.2, -0.15) is 0 Å². The lowest BCUT2D eigenvalue weighted by atomic mass is 10.4. The van der Waals surface area contributed by atoms with Crippen LogP contribution in [0, 0.1) is 0 Å². The summed E-state index contributed by atoms with van der Waals surface area (Å²) in [6.07, 6.45) is 0. The van der Waals surface area contributed by atoms with Gasteiger partial charge in [0, 0.05) is 34.6 Å². The van der Waals surface area contributed by atoms with Crippen LogP contribution in [0.5, 0.6) is 0 Å². The zero-order chi connectivity index (χ0) is 5.28. The minimum absolute atomic E-state index is 0.671. The van der Waals surface area contributed by atoms with E-state index in [1.54, 1.807) is 24.1 Å². The van der Waals surface area contributed by atoms with E-state index in [0.717, 1.165) is 0 Å². The Bertz CT molecular complexity index is 58.7. The average molecular weight is 136 g/mol. The zero-order valence-corrected chi connectivity index (χ0v) is 6.01. The monoisotopic (exact) mass is 136 g/mol. The van der Waals surface area contributed by atoms with E-state index in [2.05, 4.69) is 13.8 Å². The van der Waals surface area contributed by atoms with Gasteiger partial charge in [0.15, 0.2) is 0 Å². The topological polar surface area (TPSA) is 9.23 Å². The molecule has 0 bridgehead atoms. The van der Waals surface area contributed by atoms with Crippen LogP contribution in [-0.2, 0) is 3.63 Å². The molecule has 1 fully saturated rings. The Kier molecular flexibility index (Phi) is 1.89. The molecule has 2 atom stereocenters. The summed E-state index contributed by atoms with van der Waals surface area (Å²) in [5.74, 6) is 0. The highest BCUT2D eigenvalue weighted by Gasteiger charge is 2.21. The van der Waals surface area contributed by atoms with E-state index >= 15 is 0 Å². The highest BCUT2D eigenvalue weighted by molar-refractivity contribution is 8.12. The van der Waals surface area contributed by atoms with Crippen LogP contribution in [0.4, 0.5) is 0 Å². The molecule has 1 nitrogen and oxygen atoms in total. The first kappa shape index (κ1) is 5.79. The van der Waals surface area contributed by atoms with Crippen molar-refractivity contribution < 1.29 is 3.63 Å². The molecule has 0 radical (unpaired) electrons. The van der Waals surface area contributed by atoms with Crippen LogP contribution in [0.1, 0.15) is 13.8 Å². The Labute approximate surface area is 52.6 Å². The first-order valence-corrected chi connectivity index (χ1v) is 3.90. The van der Waals surface area contributed by atoms with Crippen LogP contribution in [0.2, 0.25) is 0 Å². The van der Waals surface area contributed by atoms with E-state index in [9.17, 15) is 0 Å². The average Bonchev–Trinajstić information content (AvgIpc) is 1.91. The maximum Gasteiger partial charge on any atom is 0.0434 e. The van der Waals surface area contributed by atoms with Gasteiger partial charge in [-0.1, -0.05) is 0 Å². The van der Waals surface area contributed by atoms with E-state index < -0.39 is 0 Å². The van der Waals surface area contributed by atoms with Crippen molar-refractivity contribution in [1.82, 2.24) is 0 Å². The third kappa shape index (κ3) is 1.27. The molecule has 1 rings (SSSR count). The summed E-state index contributed by atoms with van der Waals surface area (Å²) in [7, 11) is 0. The van der Waals surface area contributed by atoms with E-state index in [1.165, 1.54) is 0 Å². The molecule has 0 aromatic heterocycles. The Hall–Kier alpha value is 0.660. The van der Waals surface area contributed by atoms with Crippen molar-refractivity contribution in [3.63, 3.8) is 0 Å². The van der Waals surface area contributed by atoms with Crippen molar-refractivity contribution in [2.24, 2.45) is 0 Å². The predicted octanol–water partition coefficient (Wildman–Crippen LogP) is 2.09. The third-order valence-electron chi connectivity index (χ3n) is 1.04. The fraction of sp³-hybridized carbons (Fsp3) is 1.00. The summed E-state index contributed by atoms with van der Waals surface area (Å²) in [4.78, 5) is 0. The van der Waals surface area contributed by atoms with Crippen molar-refractivity contribution in [3.8, 4) is 0 Å². The predicted molar refractivity (Wildman–Crippen MR) is 35.2 cm³/mol. The highest BCUT2D eigenvalue weighted by atomic mass is 32.2. The van der Waals surface area contributed by atoms with Crippen LogP contribution >= 0.6 is 24.1 Å². The Balaban J connectivity index is 2.33. The van der Waals surface area contributed by atoms with Gasteiger partial charge in [0.2, 0.25) is 0 Å². The summed E-state index contributed by atoms with van der Waals surface area (Å²) in [5, 5.41) is 1.34. The molecular weight excluding hydrogens is 128 g/mol. The third-order valence-corrected chi connectivity index (χ3v) is 3.27. The molecular formula is C4H8OS2. The highest BCUT2D eigenvalue weighted by Crippen LogP contribution is 2.37. The maximum atomic E-state index is 5.00. The molecule has 0 aromatic carbocycles. The van der Waals surface area contributed by atoms with Crippen LogP contribution < -0.4 is 0 Å². The second kappa shape index (κ2) is 2.29. The van der Waals surface area contributed by atoms with Crippen molar-refractivity contribution in [1.29, 1.82) is 0 Å². The lowest BCUT2D eigenvalue weighted by molar-refractivity contribution is 0.773. The number of rotatable bonds is 0. The van der Waals surface area contributed by atoms with Gasteiger partial charge in [0.25, 0.3) is 0 Å². The molecule has 7 heavy (non-hydrogen) atoms. The van der Waals surface area contributed by atoms with E-state index in [4.69, 9.17) is 3.63 Å². The number of hydrogen-bond acceptors (Lipinski definition) is 3. The molecule has 1 aliphatic rings. The molecule has 1 aliphatic heterocycles. The molecule has 0 N–H and O–H groups in total. The molecule has 0 spiro atoms. The normalized spacial score (nSPS) is 42.0. The van der Waals surface area contributed by atoms with Gasteiger partial charge in [-0.25, -0.2) is 3.63 Å². The van der Waals surface area contributed by atoms with Gasteiger partial charge in [-0.15, -0.1) is 0 Å². The molecule has 1 heterocycles. The van der Waals surface area contributed by atoms with Gasteiger partial charge in [-0.3, -0.25) is 0 Å². The second-order valence-electron chi connectivity index (χ2n) is 1.67. The summed E-state index contributed by atoms with van der Waals surface area (Å²) in [6, 6.07) is 0. The maximum absolute atomic E-state index is 5.00. The van der Waals surface area contributed by atoms with E-state index in [0.29, 0.717) is 10.5 Å². The lowest BCUT2D eigenvalue weighted by Gasteiger charge is -1.98. The molecule has 2 unspecified atom stereocenters. The van der Waals surface area contributed by atoms with Crippen molar-refractivity contribution >= 4 is 24.1 Å². The van der Waals surface area contributed by atoms with Crippen molar-refractivity contribution in [2.75, 3.05) is 0 Å². The van der Waals surface area contributed by atoms with Gasteiger partial charge >= 0.3 is 0 Å². The SMILES string of the molecule is CC1SOSC1C. The Morgan fingerprint density at radius 2 is 1.57 bits per heavy atom. The Morgan fingerprint density at radius 1 is 1.14 bits per heavy atom. The first-order valence-electron chi connectivity index (χ1n) is 2.29. The molecule has 3 heteroatoms. The van der Waals surface area contributed by atoms with Gasteiger partial charge in [0.1, 0.15) is 0 Å². The Morgan fingerprint density at radius 3 is 1.71 bits per heavy atom. The summed E-state index contributed by atoms with van der Waals surface area (Å²) < 4.78 is 5.00. The zero-order valence-electron chi connectivity index (χ0n) is 4.38. The van der Waals surface area contributed by atoms with E-state index in [1.807, 2.05) is 0 Å². The summed E-state index contributed by atoms with van der Waals surface area (Å²) in [5.41, 5.74) is 0. The van der Waals surface area contributed by atoms with Gasteiger partial charge in [-0.05, 0) is 13.8 Å². The van der Waals surface area contributed by atoms with E-state index in [-0.39, 0.29) is 0 Å². The largest absolute Gasteiger partial charge is 0.247 e. The van der Waals surface area contributed by atoms with Gasteiger partial charge < -0.3 is 0 Å². The van der Waals surface area contributed by atoms with Crippen LogP contribution in [0.3, 0.4) is 0 Å². The molecule has 1 saturated heterocycles. The fourth-order valence-corrected chi connectivity index (χ4v) is 2.06. The smallest absolute Gasteiger partial charge is 0.0434 e. The molecule has 42 valence electrons.